The lowest BCUT2D eigenvalue weighted by Gasteiger charge is -2.15. The van der Waals surface area contributed by atoms with Gasteiger partial charge in [0.15, 0.2) is 0 Å². The smallest absolute Gasteiger partial charge is 0.120 e. The summed E-state index contributed by atoms with van der Waals surface area (Å²) >= 11 is 7.48. The number of rotatable bonds is 10. The molecule has 144 valence electrons. The number of likely N-dealkylation sites (N-methyl/N-ethyl adjacent to an activating group) is 1. The van der Waals surface area contributed by atoms with E-state index in [1.54, 1.807) is 7.11 Å². The lowest BCUT2D eigenvalue weighted by atomic mass is 10.1. The van der Waals surface area contributed by atoms with Crippen molar-refractivity contribution in [2.75, 3.05) is 40.5 Å². The molecule has 1 heterocycles. The van der Waals surface area contributed by atoms with Crippen LogP contribution in [0.2, 0.25) is 5.02 Å². The van der Waals surface area contributed by atoms with Crippen LogP contribution in [0.3, 0.4) is 0 Å². The van der Waals surface area contributed by atoms with E-state index in [0.29, 0.717) is 0 Å². The van der Waals surface area contributed by atoms with Gasteiger partial charge in [-0.1, -0.05) is 23.7 Å². The van der Waals surface area contributed by atoms with Gasteiger partial charge in [0.25, 0.3) is 0 Å². The van der Waals surface area contributed by atoms with Gasteiger partial charge >= 0.3 is 0 Å². The Kier molecular flexibility index (Phi) is 7.47. The Labute approximate surface area is 169 Å². The number of benzene rings is 2. The van der Waals surface area contributed by atoms with Crippen LogP contribution in [-0.4, -0.2) is 49.7 Å². The van der Waals surface area contributed by atoms with E-state index in [1.165, 1.54) is 11.5 Å². The van der Waals surface area contributed by atoms with Crippen LogP contribution in [0, 0.1) is 0 Å². The first-order valence-corrected chi connectivity index (χ1v) is 10.3. The summed E-state index contributed by atoms with van der Waals surface area (Å²) in [6, 6.07) is 14.0. The molecule has 0 unspecified atom stereocenters. The third-order valence-corrected chi connectivity index (χ3v) is 5.50. The summed E-state index contributed by atoms with van der Waals surface area (Å²) < 4.78 is 16.8. The van der Waals surface area contributed by atoms with E-state index < -0.39 is 0 Å². The monoisotopic (exact) mass is 404 g/mol. The number of methoxy groups -OCH3 is 1. The number of fused-ring (bicyclic) bond motifs is 1. The van der Waals surface area contributed by atoms with Gasteiger partial charge < -0.3 is 14.4 Å². The highest BCUT2D eigenvalue weighted by Gasteiger charge is 2.09. The van der Waals surface area contributed by atoms with Gasteiger partial charge in [0, 0.05) is 29.6 Å². The third-order valence-electron chi connectivity index (χ3n) is 4.44. The van der Waals surface area contributed by atoms with Crippen LogP contribution in [0.1, 0.15) is 12.8 Å². The molecule has 0 spiro atoms. The number of aromatic nitrogens is 1. The molecular formula is C21H25ClN2O2S. The Hall–Kier alpha value is -1.66. The first-order chi connectivity index (χ1) is 13.2. The molecule has 0 saturated carbocycles. The van der Waals surface area contributed by atoms with Crippen molar-refractivity contribution < 1.29 is 9.47 Å². The average Bonchev–Trinajstić information content (AvgIpc) is 3.10. The maximum Gasteiger partial charge on any atom is 0.120 e. The Morgan fingerprint density at radius 2 is 1.85 bits per heavy atom. The summed E-state index contributed by atoms with van der Waals surface area (Å²) in [7, 11) is 3.86. The topological polar surface area (TPSA) is 34.6 Å². The van der Waals surface area contributed by atoms with Crippen molar-refractivity contribution in [3.63, 3.8) is 0 Å². The number of hydrogen-bond donors (Lipinski definition) is 0. The van der Waals surface area contributed by atoms with Gasteiger partial charge in [-0.25, -0.2) is 0 Å². The SMILES string of the molecule is COCCN(C)CCCCOc1ccc2c(-c3ccc(Cl)cc3)nsc2c1. The summed E-state index contributed by atoms with van der Waals surface area (Å²) in [5.74, 6) is 0.904. The number of hydrogen-bond acceptors (Lipinski definition) is 5. The number of nitrogens with zero attached hydrogens (tertiary/aromatic N) is 2. The van der Waals surface area contributed by atoms with Gasteiger partial charge in [-0.3, -0.25) is 0 Å². The summed E-state index contributed by atoms with van der Waals surface area (Å²) in [5.41, 5.74) is 2.08. The number of halogens is 1. The van der Waals surface area contributed by atoms with Gasteiger partial charge in [-0.15, -0.1) is 0 Å². The van der Waals surface area contributed by atoms with Crippen molar-refractivity contribution >= 4 is 33.2 Å². The van der Waals surface area contributed by atoms with Crippen molar-refractivity contribution in [3.05, 3.63) is 47.5 Å². The quantitative estimate of drug-likeness (QED) is 0.426. The zero-order valence-corrected chi connectivity index (χ0v) is 17.4. The summed E-state index contributed by atoms with van der Waals surface area (Å²) in [6.45, 7) is 3.53. The Morgan fingerprint density at radius 3 is 2.63 bits per heavy atom. The lowest BCUT2D eigenvalue weighted by Crippen LogP contribution is -2.24. The molecule has 0 N–H and O–H groups in total. The van der Waals surface area contributed by atoms with Crippen molar-refractivity contribution in [1.82, 2.24) is 9.27 Å². The van der Waals surface area contributed by atoms with E-state index >= 15 is 0 Å². The minimum absolute atomic E-state index is 0.729. The van der Waals surface area contributed by atoms with Crippen molar-refractivity contribution in [3.8, 4) is 17.0 Å². The maximum absolute atomic E-state index is 5.98. The molecule has 0 radical (unpaired) electrons. The molecule has 3 aromatic rings. The van der Waals surface area contributed by atoms with E-state index in [1.807, 2.05) is 30.3 Å². The second-order valence-corrected chi connectivity index (χ2v) is 7.79. The number of unbranched alkanes of at least 4 members (excludes halogenated alkanes) is 1. The molecule has 1 aromatic heterocycles. The van der Waals surface area contributed by atoms with Crippen LogP contribution in [0.4, 0.5) is 0 Å². The van der Waals surface area contributed by atoms with Gasteiger partial charge in [0.2, 0.25) is 0 Å². The molecule has 0 atom stereocenters. The predicted molar refractivity (Wildman–Crippen MR) is 114 cm³/mol. The Bertz CT molecular complexity index is 851. The standard InChI is InChI=1S/C21H25ClN2O2S/c1-24(12-14-25-2)11-3-4-13-26-18-9-10-19-20(15-18)27-23-21(19)16-5-7-17(22)8-6-16/h5-10,15H,3-4,11-14H2,1-2H3. The molecule has 0 aliphatic rings. The van der Waals surface area contributed by atoms with Crippen molar-refractivity contribution in [1.29, 1.82) is 0 Å². The second-order valence-electron chi connectivity index (χ2n) is 6.55. The fourth-order valence-electron chi connectivity index (χ4n) is 2.86. The van der Waals surface area contributed by atoms with E-state index in [9.17, 15) is 0 Å². The number of ether oxygens (including phenoxy) is 2. The summed E-state index contributed by atoms with van der Waals surface area (Å²) in [6.07, 6.45) is 2.15. The largest absolute Gasteiger partial charge is 0.494 e. The van der Waals surface area contributed by atoms with Crippen molar-refractivity contribution in [2.24, 2.45) is 0 Å². The maximum atomic E-state index is 5.98. The molecule has 0 saturated heterocycles. The van der Waals surface area contributed by atoms with Gasteiger partial charge in [0.1, 0.15) is 5.75 Å². The van der Waals surface area contributed by atoms with E-state index in [2.05, 4.69) is 28.5 Å². The minimum Gasteiger partial charge on any atom is -0.494 e. The van der Waals surface area contributed by atoms with Crippen LogP contribution < -0.4 is 4.74 Å². The van der Waals surface area contributed by atoms with E-state index in [0.717, 1.165) is 71.3 Å². The lowest BCUT2D eigenvalue weighted by molar-refractivity contribution is 0.159. The van der Waals surface area contributed by atoms with E-state index in [4.69, 9.17) is 21.1 Å². The molecule has 6 heteroatoms. The molecule has 0 amide bonds. The molecule has 27 heavy (non-hydrogen) atoms. The van der Waals surface area contributed by atoms with Crippen LogP contribution in [0.5, 0.6) is 5.75 Å². The first kappa shape index (κ1) is 20.1. The van der Waals surface area contributed by atoms with Crippen LogP contribution in [-0.2, 0) is 4.74 Å². The van der Waals surface area contributed by atoms with E-state index in [-0.39, 0.29) is 0 Å². The summed E-state index contributed by atoms with van der Waals surface area (Å²) in [5, 5.41) is 1.88. The van der Waals surface area contributed by atoms with Gasteiger partial charge in [-0.05, 0) is 68.3 Å². The normalized spacial score (nSPS) is 11.4. The third kappa shape index (κ3) is 5.66. The molecule has 0 aliphatic heterocycles. The fourth-order valence-corrected chi connectivity index (χ4v) is 3.81. The van der Waals surface area contributed by atoms with Crippen molar-refractivity contribution in [2.45, 2.75) is 12.8 Å². The predicted octanol–water partition coefficient (Wildman–Crippen LogP) is 5.35. The molecule has 3 rings (SSSR count). The molecule has 4 nitrogen and oxygen atoms in total. The minimum atomic E-state index is 0.729. The molecular weight excluding hydrogens is 380 g/mol. The van der Waals surface area contributed by atoms with Gasteiger partial charge in [-0.2, -0.15) is 4.37 Å². The highest BCUT2D eigenvalue weighted by atomic mass is 35.5. The first-order valence-electron chi connectivity index (χ1n) is 9.13. The highest BCUT2D eigenvalue weighted by Crippen LogP contribution is 2.33. The molecule has 0 fully saturated rings. The molecule has 0 aliphatic carbocycles. The summed E-state index contributed by atoms with van der Waals surface area (Å²) in [4.78, 5) is 2.28. The van der Waals surface area contributed by atoms with Gasteiger partial charge in [0.05, 0.1) is 23.6 Å². The highest BCUT2D eigenvalue weighted by molar-refractivity contribution is 7.13. The second kappa shape index (κ2) is 10.0. The zero-order chi connectivity index (χ0) is 19.1. The van der Waals surface area contributed by atoms with Crippen LogP contribution in [0.15, 0.2) is 42.5 Å². The Balaban J connectivity index is 1.53. The fraction of sp³-hybridized carbons (Fsp3) is 0.381. The molecule has 2 aromatic carbocycles. The zero-order valence-electron chi connectivity index (χ0n) is 15.8. The van der Waals surface area contributed by atoms with Crippen LogP contribution in [0.25, 0.3) is 21.3 Å². The average molecular weight is 405 g/mol. The Morgan fingerprint density at radius 1 is 1.04 bits per heavy atom. The van der Waals surface area contributed by atoms with Crippen LogP contribution >= 0.6 is 23.1 Å². The molecule has 0 bridgehead atoms.